The van der Waals surface area contributed by atoms with Gasteiger partial charge >= 0.3 is 0 Å². The van der Waals surface area contributed by atoms with Crippen LogP contribution in [0.5, 0.6) is 5.75 Å². The Balaban J connectivity index is 1.60. The number of amides is 1. The van der Waals surface area contributed by atoms with E-state index in [0.29, 0.717) is 17.9 Å². The molecule has 1 aromatic heterocycles. The quantitative estimate of drug-likeness (QED) is 0.633. The van der Waals surface area contributed by atoms with Gasteiger partial charge in [-0.3, -0.25) is 4.79 Å². The van der Waals surface area contributed by atoms with E-state index in [-0.39, 0.29) is 5.91 Å². The Labute approximate surface area is 165 Å². The summed E-state index contributed by atoms with van der Waals surface area (Å²) in [6, 6.07) is 17.5. The van der Waals surface area contributed by atoms with E-state index in [9.17, 15) is 4.79 Å². The Hall–Kier alpha value is -3.34. The van der Waals surface area contributed by atoms with E-state index in [0.717, 1.165) is 29.0 Å². The molecule has 0 saturated heterocycles. The van der Waals surface area contributed by atoms with Gasteiger partial charge < -0.3 is 15.4 Å². The summed E-state index contributed by atoms with van der Waals surface area (Å²) in [5, 5.41) is 6.23. The van der Waals surface area contributed by atoms with Crippen molar-refractivity contribution in [3.05, 3.63) is 83.0 Å². The van der Waals surface area contributed by atoms with Crippen molar-refractivity contribution in [3.63, 3.8) is 0 Å². The molecule has 0 aliphatic carbocycles. The summed E-state index contributed by atoms with van der Waals surface area (Å²) >= 11 is 0. The van der Waals surface area contributed by atoms with E-state index in [1.54, 1.807) is 25.4 Å². The normalized spacial score (nSPS) is 10.4. The van der Waals surface area contributed by atoms with Gasteiger partial charge in [0.05, 0.1) is 7.11 Å². The van der Waals surface area contributed by atoms with Crippen molar-refractivity contribution >= 4 is 17.4 Å². The molecule has 0 atom stereocenters. The predicted molar refractivity (Wildman–Crippen MR) is 113 cm³/mol. The topological polar surface area (TPSA) is 63.2 Å². The van der Waals surface area contributed by atoms with Crippen LogP contribution in [0.4, 0.5) is 11.5 Å². The zero-order valence-corrected chi connectivity index (χ0v) is 16.5. The average Bonchev–Trinajstić information content (AvgIpc) is 2.67. The fraction of sp³-hybridized carbons (Fsp3) is 0.217. The van der Waals surface area contributed by atoms with Crippen LogP contribution in [0, 0.1) is 13.8 Å². The number of aryl methyl sites for hydroxylation is 2. The highest BCUT2D eigenvalue weighted by Gasteiger charge is 2.08. The van der Waals surface area contributed by atoms with Crippen LogP contribution < -0.4 is 15.4 Å². The first-order chi connectivity index (χ1) is 13.5. The summed E-state index contributed by atoms with van der Waals surface area (Å²) in [4.78, 5) is 16.9. The number of anilines is 2. The van der Waals surface area contributed by atoms with Gasteiger partial charge in [0.25, 0.3) is 5.91 Å². The van der Waals surface area contributed by atoms with Crippen LogP contribution in [0.2, 0.25) is 0 Å². The second-order valence-electron chi connectivity index (χ2n) is 6.79. The number of nitrogens with zero attached hydrogens (tertiary/aromatic N) is 1. The zero-order valence-electron chi connectivity index (χ0n) is 16.5. The number of nitrogens with one attached hydrogen (secondary N) is 2. The zero-order chi connectivity index (χ0) is 19.9. The lowest BCUT2D eigenvalue weighted by Crippen LogP contribution is -2.13. The molecule has 28 heavy (non-hydrogen) atoms. The molecule has 1 heterocycles. The summed E-state index contributed by atoms with van der Waals surface area (Å²) in [5.41, 5.74) is 4.77. The lowest BCUT2D eigenvalue weighted by Gasteiger charge is -2.10. The van der Waals surface area contributed by atoms with Crippen LogP contribution in [0.1, 0.15) is 27.0 Å². The van der Waals surface area contributed by atoms with Gasteiger partial charge in [0.15, 0.2) is 0 Å². The maximum Gasteiger partial charge on any atom is 0.255 e. The fourth-order valence-corrected chi connectivity index (χ4v) is 3.08. The molecule has 5 nitrogen and oxygen atoms in total. The molecule has 2 aromatic carbocycles. The van der Waals surface area contributed by atoms with E-state index in [2.05, 4.69) is 27.8 Å². The van der Waals surface area contributed by atoms with Gasteiger partial charge in [-0.2, -0.15) is 0 Å². The van der Waals surface area contributed by atoms with Crippen LogP contribution >= 0.6 is 0 Å². The molecule has 144 valence electrons. The molecule has 0 saturated carbocycles. The van der Waals surface area contributed by atoms with E-state index in [1.165, 1.54) is 5.56 Å². The third-order valence-corrected chi connectivity index (χ3v) is 4.36. The number of carbonyl (C=O) groups excluding carboxylic acids is 1. The van der Waals surface area contributed by atoms with Gasteiger partial charge in [-0.25, -0.2) is 4.98 Å². The van der Waals surface area contributed by atoms with Crippen molar-refractivity contribution < 1.29 is 9.53 Å². The maximum atomic E-state index is 12.6. The SMILES string of the molecule is COc1cccc(CCNc2cc(C(=O)Nc3cc(C)cc(C)c3)ccn2)c1. The monoisotopic (exact) mass is 375 g/mol. The Morgan fingerprint density at radius 3 is 2.57 bits per heavy atom. The van der Waals surface area contributed by atoms with Crippen LogP contribution in [-0.4, -0.2) is 24.5 Å². The van der Waals surface area contributed by atoms with Gasteiger partial charge in [-0.05, 0) is 73.4 Å². The number of carbonyl (C=O) groups is 1. The average molecular weight is 375 g/mol. The molecule has 0 aliphatic heterocycles. The Kier molecular flexibility index (Phi) is 6.27. The molecule has 0 spiro atoms. The summed E-state index contributed by atoms with van der Waals surface area (Å²) in [7, 11) is 1.66. The molecular formula is C23H25N3O2. The first-order valence-electron chi connectivity index (χ1n) is 9.26. The fourth-order valence-electron chi connectivity index (χ4n) is 3.08. The lowest BCUT2D eigenvalue weighted by atomic mass is 10.1. The maximum absolute atomic E-state index is 12.6. The predicted octanol–water partition coefficient (Wildman–Crippen LogP) is 4.61. The molecule has 0 radical (unpaired) electrons. The molecular weight excluding hydrogens is 350 g/mol. The van der Waals surface area contributed by atoms with Crippen molar-refractivity contribution in [2.75, 3.05) is 24.3 Å². The number of hydrogen-bond acceptors (Lipinski definition) is 4. The summed E-state index contributed by atoms with van der Waals surface area (Å²) in [5.74, 6) is 1.37. The van der Waals surface area contributed by atoms with Crippen LogP contribution in [0.25, 0.3) is 0 Å². The van der Waals surface area contributed by atoms with Gasteiger partial charge in [-0.1, -0.05) is 18.2 Å². The highest BCUT2D eigenvalue weighted by molar-refractivity contribution is 6.04. The van der Waals surface area contributed by atoms with Gasteiger partial charge in [-0.15, -0.1) is 0 Å². The van der Waals surface area contributed by atoms with Crippen molar-refractivity contribution in [1.82, 2.24) is 4.98 Å². The van der Waals surface area contributed by atoms with Crippen molar-refractivity contribution in [2.45, 2.75) is 20.3 Å². The Bertz CT molecular complexity index is 949. The smallest absolute Gasteiger partial charge is 0.255 e. The molecule has 3 rings (SSSR count). The number of hydrogen-bond donors (Lipinski definition) is 2. The number of ether oxygens (including phenoxy) is 1. The van der Waals surface area contributed by atoms with Gasteiger partial charge in [0, 0.05) is 24.0 Å². The van der Waals surface area contributed by atoms with Crippen molar-refractivity contribution in [3.8, 4) is 5.75 Å². The van der Waals surface area contributed by atoms with Crippen LogP contribution in [-0.2, 0) is 6.42 Å². The minimum Gasteiger partial charge on any atom is -0.497 e. The van der Waals surface area contributed by atoms with Crippen LogP contribution in [0.3, 0.4) is 0 Å². The molecule has 0 fully saturated rings. The van der Waals surface area contributed by atoms with E-state index >= 15 is 0 Å². The minimum absolute atomic E-state index is 0.150. The second kappa shape index (κ2) is 9.04. The molecule has 0 bridgehead atoms. The van der Waals surface area contributed by atoms with E-state index < -0.39 is 0 Å². The first-order valence-corrected chi connectivity index (χ1v) is 9.26. The summed E-state index contributed by atoms with van der Waals surface area (Å²) in [6.45, 7) is 4.74. The molecule has 0 unspecified atom stereocenters. The third kappa shape index (κ3) is 5.33. The standard InChI is InChI=1S/C23H25N3O2/c1-16-11-17(2)13-20(12-16)26-23(27)19-8-10-25-22(15-19)24-9-7-18-5-4-6-21(14-18)28-3/h4-6,8,10-15H,7,9H2,1-3H3,(H,24,25)(H,26,27). The summed E-state index contributed by atoms with van der Waals surface area (Å²) < 4.78 is 5.25. The minimum atomic E-state index is -0.150. The number of benzene rings is 2. The van der Waals surface area contributed by atoms with Crippen LogP contribution in [0.15, 0.2) is 60.8 Å². The lowest BCUT2D eigenvalue weighted by molar-refractivity contribution is 0.102. The molecule has 1 amide bonds. The molecule has 2 N–H and O–H groups in total. The Morgan fingerprint density at radius 1 is 1.04 bits per heavy atom. The van der Waals surface area contributed by atoms with Crippen molar-refractivity contribution in [1.29, 1.82) is 0 Å². The van der Waals surface area contributed by atoms with E-state index in [1.807, 2.05) is 44.2 Å². The number of methoxy groups -OCH3 is 1. The van der Waals surface area contributed by atoms with Gasteiger partial charge in [0.2, 0.25) is 0 Å². The van der Waals surface area contributed by atoms with E-state index in [4.69, 9.17) is 4.74 Å². The largest absolute Gasteiger partial charge is 0.497 e. The van der Waals surface area contributed by atoms with Gasteiger partial charge in [0.1, 0.15) is 11.6 Å². The highest BCUT2D eigenvalue weighted by Crippen LogP contribution is 2.16. The number of rotatable bonds is 7. The highest BCUT2D eigenvalue weighted by atomic mass is 16.5. The number of aromatic nitrogens is 1. The third-order valence-electron chi connectivity index (χ3n) is 4.36. The number of pyridine rings is 1. The van der Waals surface area contributed by atoms with Crippen molar-refractivity contribution in [2.24, 2.45) is 0 Å². The first kappa shape index (κ1) is 19.4. The molecule has 3 aromatic rings. The Morgan fingerprint density at radius 2 is 1.82 bits per heavy atom. The molecule has 5 heteroatoms. The summed E-state index contributed by atoms with van der Waals surface area (Å²) in [6.07, 6.45) is 2.47. The second-order valence-corrected chi connectivity index (χ2v) is 6.79. The molecule has 0 aliphatic rings.